The van der Waals surface area contributed by atoms with Gasteiger partial charge in [-0.2, -0.15) is 0 Å². The zero-order valence-electron chi connectivity index (χ0n) is 13.9. The van der Waals surface area contributed by atoms with Crippen molar-refractivity contribution in [2.24, 2.45) is 0 Å². The van der Waals surface area contributed by atoms with Crippen LogP contribution in [0.5, 0.6) is 0 Å². The second kappa shape index (κ2) is 7.67. The Bertz CT molecular complexity index is 999. The predicted octanol–water partition coefficient (Wildman–Crippen LogP) is 5.17. The molecule has 128 valence electrons. The van der Waals surface area contributed by atoms with Gasteiger partial charge in [0.15, 0.2) is 0 Å². The molecule has 0 atom stereocenters. The van der Waals surface area contributed by atoms with Crippen LogP contribution < -0.4 is 0 Å². The van der Waals surface area contributed by atoms with E-state index in [-0.39, 0.29) is 13.2 Å². The lowest BCUT2D eigenvalue weighted by Crippen LogP contribution is -1.94. The molecule has 0 N–H and O–H groups in total. The summed E-state index contributed by atoms with van der Waals surface area (Å²) in [6.07, 6.45) is 0. The van der Waals surface area contributed by atoms with Crippen LogP contribution in [0, 0.1) is 0 Å². The Morgan fingerprint density at radius 2 is 1.12 bits per heavy atom. The fourth-order valence-corrected chi connectivity index (χ4v) is 3.20. The van der Waals surface area contributed by atoms with Crippen molar-refractivity contribution in [1.29, 1.82) is 0 Å². The standard InChI is InChI=1S/C20H16N2O3P/c23-26(24-13-17-11-9-15-5-1-3-7-19(15)21-17)25-14-18-12-10-16-6-2-4-8-20(16)22-18/h1-12H,13-14H2/q+1. The molecule has 4 aromatic rings. The summed E-state index contributed by atoms with van der Waals surface area (Å²) in [5.74, 6) is 0. The minimum atomic E-state index is -2.24. The van der Waals surface area contributed by atoms with Crippen LogP contribution in [0.2, 0.25) is 0 Å². The minimum absolute atomic E-state index is 0.130. The highest BCUT2D eigenvalue weighted by atomic mass is 31.1. The highest BCUT2D eigenvalue weighted by molar-refractivity contribution is 7.33. The summed E-state index contributed by atoms with van der Waals surface area (Å²) in [5, 5.41) is 2.11. The molecule has 0 aliphatic carbocycles. The van der Waals surface area contributed by atoms with Gasteiger partial charge in [0.05, 0.1) is 22.4 Å². The van der Waals surface area contributed by atoms with Crippen molar-refractivity contribution < 1.29 is 13.6 Å². The Labute approximate surface area is 151 Å². The first-order chi connectivity index (χ1) is 12.8. The van der Waals surface area contributed by atoms with Crippen LogP contribution >= 0.6 is 8.25 Å². The van der Waals surface area contributed by atoms with Gasteiger partial charge in [0.1, 0.15) is 13.2 Å². The van der Waals surface area contributed by atoms with Crippen molar-refractivity contribution in [1.82, 2.24) is 9.97 Å². The average molecular weight is 363 g/mol. The van der Waals surface area contributed by atoms with E-state index in [0.717, 1.165) is 21.8 Å². The van der Waals surface area contributed by atoms with Crippen LogP contribution in [0.4, 0.5) is 0 Å². The Morgan fingerprint density at radius 1 is 0.654 bits per heavy atom. The summed E-state index contributed by atoms with van der Waals surface area (Å²) >= 11 is 0. The molecule has 6 heteroatoms. The summed E-state index contributed by atoms with van der Waals surface area (Å²) in [6, 6.07) is 23.3. The fourth-order valence-electron chi connectivity index (χ4n) is 2.65. The summed E-state index contributed by atoms with van der Waals surface area (Å²) in [4.78, 5) is 8.96. The van der Waals surface area contributed by atoms with Gasteiger partial charge in [0, 0.05) is 15.3 Å². The molecule has 0 radical (unpaired) electrons. The van der Waals surface area contributed by atoms with Crippen molar-refractivity contribution in [3.63, 3.8) is 0 Å². The predicted molar refractivity (Wildman–Crippen MR) is 101 cm³/mol. The molecule has 0 saturated heterocycles. The average Bonchev–Trinajstić information content (AvgIpc) is 2.70. The number of aromatic nitrogens is 2. The topological polar surface area (TPSA) is 61.3 Å². The first-order valence-corrected chi connectivity index (χ1v) is 9.30. The van der Waals surface area contributed by atoms with Gasteiger partial charge in [0.25, 0.3) is 0 Å². The fraction of sp³-hybridized carbons (Fsp3) is 0.100. The molecule has 0 aliphatic rings. The quantitative estimate of drug-likeness (QED) is 0.442. The summed E-state index contributed by atoms with van der Waals surface area (Å²) in [5.41, 5.74) is 3.18. The van der Waals surface area contributed by atoms with Gasteiger partial charge in [-0.1, -0.05) is 48.5 Å². The maximum atomic E-state index is 12.0. The van der Waals surface area contributed by atoms with E-state index in [0.29, 0.717) is 11.4 Å². The van der Waals surface area contributed by atoms with Crippen molar-refractivity contribution in [3.8, 4) is 0 Å². The van der Waals surface area contributed by atoms with Crippen LogP contribution in [0.3, 0.4) is 0 Å². The van der Waals surface area contributed by atoms with Crippen LogP contribution in [-0.4, -0.2) is 9.97 Å². The molecule has 26 heavy (non-hydrogen) atoms. The minimum Gasteiger partial charge on any atom is -0.250 e. The number of pyridine rings is 2. The SMILES string of the molecule is O=[P+](OCc1ccc2ccccc2n1)OCc1ccc2ccccc2n1. The first kappa shape index (κ1) is 16.7. The molecule has 4 rings (SSSR count). The van der Waals surface area contributed by atoms with Crippen LogP contribution in [0.25, 0.3) is 21.8 Å². The highest BCUT2D eigenvalue weighted by Crippen LogP contribution is 2.27. The monoisotopic (exact) mass is 363 g/mol. The highest BCUT2D eigenvalue weighted by Gasteiger charge is 2.21. The first-order valence-electron chi connectivity index (χ1n) is 8.20. The van der Waals surface area contributed by atoms with Gasteiger partial charge in [-0.3, -0.25) is 9.97 Å². The Balaban J connectivity index is 1.34. The molecular weight excluding hydrogens is 347 g/mol. The lowest BCUT2D eigenvalue weighted by atomic mass is 10.2. The van der Waals surface area contributed by atoms with Crippen molar-refractivity contribution >= 4 is 30.1 Å². The van der Waals surface area contributed by atoms with Gasteiger partial charge in [-0.05, 0) is 24.3 Å². The van der Waals surface area contributed by atoms with Crippen molar-refractivity contribution in [3.05, 3.63) is 84.2 Å². The molecule has 0 spiro atoms. The number of nitrogens with zero attached hydrogens (tertiary/aromatic N) is 2. The van der Waals surface area contributed by atoms with E-state index < -0.39 is 8.25 Å². The molecule has 2 aromatic heterocycles. The lowest BCUT2D eigenvalue weighted by molar-refractivity contribution is 0.209. The zero-order valence-corrected chi connectivity index (χ0v) is 14.8. The molecule has 5 nitrogen and oxygen atoms in total. The second-order valence-electron chi connectivity index (χ2n) is 5.76. The summed E-state index contributed by atoms with van der Waals surface area (Å²) in [7, 11) is -2.24. The van der Waals surface area contributed by atoms with Gasteiger partial charge < -0.3 is 0 Å². The lowest BCUT2D eigenvalue weighted by Gasteiger charge is -2.00. The van der Waals surface area contributed by atoms with Gasteiger partial charge in [0.2, 0.25) is 0 Å². The molecule has 0 fully saturated rings. The van der Waals surface area contributed by atoms with Crippen LogP contribution in [0.15, 0.2) is 72.8 Å². The van der Waals surface area contributed by atoms with E-state index in [4.69, 9.17) is 9.05 Å². The van der Waals surface area contributed by atoms with Gasteiger partial charge >= 0.3 is 8.25 Å². The summed E-state index contributed by atoms with van der Waals surface area (Å²) < 4.78 is 22.5. The van der Waals surface area contributed by atoms with Crippen LogP contribution in [-0.2, 0) is 26.8 Å². The number of hydrogen-bond donors (Lipinski definition) is 0. The van der Waals surface area contributed by atoms with E-state index >= 15 is 0 Å². The molecule has 0 aliphatic heterocycles. The number of fused-ring (bicyclic) bond motifs is 2. The molecule has 2 aromatic carbocycles. The molecule has 0 saturated carbocycles. The molecule has 0 bridgehead atoms. The molecule has 2 heterocycles. The zero-order chi connectivity index (χ0) is 17.8. The third-order valence-electron chi connectivity index (χ3n) is 3.95. The van der Waals surface area contributed by atoms with E-state index in [1.54, 1.807) is 0 Å². The van der Waals surface area contributed by atoms with E-state index in [1.807, 2.05) is 72.8 Å². The summed E-state index contributed by atoms with van der Waals surface area (Å²) in [6.45, 7) is 0.260. The van der Waals surface area contributed by atoms with E-state index in [1.165, 1.54) is 0 Å². The maximum absolute atomic E-state index is 12.0. The number of para-hydroxylation sites is 2. The number of rotatable bonds is 6. The smallest absolute Gasteiger partial charge is 0.250 e. The van der Waals surface area contributed by atoms with Gasteiger partial charge in [-0.25, -0.2) is 0 Å². The molecule has 0 amide bonds. The third kappa shape index (κ3) is 3.92. The maximum Gasteiger partial charge on any atom is 0.698 e. The number of benzene rings is 2. The van der Waals surface area contributed by atoms with Crippen molar-refractivity contribution in [2.75, 3.05) is 0 Å². The van der Waals surface area contributed by atoms with E-state index in [9.17, 15) is 4.57 Å². The Kier molecular flexibility index (Phi) is 4.93. The van der Waals surface area contributed by atoms with E-state index in [2.05, 4.69) is 9.97 Å². The molecule has 0 unspecified atom stereocenters. The largest absolute Gasteiger partial charge is 0.698 e. The second-order valence-corrected chi connectivity index (χ2v) is 6.72. The number of hydrogen-bond acceptors (Lipinski definition) is 5. The van der Waals surface area contributed by atoms with Crippen molar-refractivity contribution in [2.45, 2.75) is 13.2 Å². The normalized spacial score (nSPS) is 11.1. The Hall–Kier alpha value is -2.72. The third-order valence-corrected chi connectivity index (χ3v) is 4.63. The molecular formula is C20H16N2O3P+. The Morgan fingerprint density at radius 3 is 1.62 bits per heavy atom. The van der Waals surface area contributed by atoms with Crippen LogP contribution in [0.1, 0.15) is 11.4 Å². The van der Waals surface area contributed by atoms with Gasteiger partial charge in [-0.15, -0.1) is 9.05 Å².